The lowest BCUT2D eigenvalue weighted by atomic mass is 9.95. The number of anilines is 1. The Morgan fingerprint density at radius 3 is 2.35 bits per heavy atom. The third-order valence-corrected chi connectivity index (χ3v) is 6.39. The van der Waals surface area contributed by atoms with Gasteiger partial charge in [-0.05, 0) is 30.7 Å². The Morgan fingerprint density at radius 2 is 1.77 bits per heavy atom. The van der Waals surface area contributed by atoms with Crippen molar-refractivity contribution < 1.29 is 13.2 Å². The standard InChI is InChI=1S/C19H19ClN2O3S/c1-4-22-16-11-10-14(20)12-15(16)17(13-8-6-5-7-9-13)18(26(22,24)25)19(23)21(2)3/h5-12H,4H2,1-3H3. The minimum absolute atomic E-state index is 0.212. The molecule has 0 atom stereocenters. The number of fused-ring (bicyclic) bond motifs is 1. The molecular weight excluding hydrogens is 372 g/mol. The molecule has 0 unspecified atom stereocenters. The SMILES string of the molecule is CCN1c2ccc(Cl)cc2C(c2ccccc2)=C(C(=O)N(C)C)S1(=O)=O. The molecule has 1 aliphatic rings. The molecule has 0 saturated heterocycles. The van der Waals surface area contributed by atoms with Crippen LogP contribution in [0.25, 0.3) is 5.57 Å². The second-order valence-electron chi connectivity index (χ2n) is 6.10. The largest absolute Gasteiger partial charge is 0.344 e. The van der Waals surface area contributed by atoms with E-state index < -0.39 is 15.9 Å². The molecule has 1 amide bonds. The molecule has 0 aliphatic carbocycles. The Hall–Kier alpha value is -2.31. The molecule has 5 nitrogen and oxygen atoms in total. The number of benzene rings is 2. The fourth-order valence-electron chi connectivity index (χ4n) is 3.07. The van der Waals surface area contributed by atoms with Crippen LogP contribution in [0.1, 0.15) is 18.1 Å². The maximum Gasteiger partial charge on any atom is 0.270 e. The van der Waals surface area contributed by atoms with E-state index in [4.69, 9.17) is 11.6 Å². The van der Waals surface area contributed by atoms with E-state index in [9.17, 15) is 13.2 Å². The summed E-state index contributed by atoms with van der Waals surface area (Å²) in [5.74, 6) is -0.562. The molecule has 136 valence electrons. The lowest BCUT2D eigenvalue weighted by Gasteiger charge is -2.33. The fraction of sp³-hybridized carbons (Fsp3) is 0.211. The van der Waals surface area contributed by atoms with Gasteiger partial charge in [0.1, 0.15) is 0 Å². The summed E-state index contributed by atoms with van der Waals surface area (Å²) in [5.41, 5.74) is 2.18. The van der Waals surface area contributed by atoms with E-state index >= 15 is 0 Å². The van der Waals surface area contributed by atoms with Gasteiger partial charge in [0.15, 0.2) is 4.91 Å². The molecule has 7 heteroatoms. The van der Waals surface area contributed by atoms with Crippen LogP contribution in [0.3, 0.4) is 0 Å². The molecule has 0 spiro atoms. The number of hydrogen-bond acceptors (Lipinski definition) is 3. The maximum atomic E-state index is 13.3. The second-order valence-corrected chi connectivity index (χ2v) is 8.34. The van der Waals surface area contributed by atoms with Crippen molar-refractivity contribution in [1.29, 1.82) is 0 Å². The predicted octanol–water partition coefficient (Wildman–Crippen LogP) is 3.36. The van der Waals surface area contributed by atoms with Gasteiger partial charge in [-0.2, -0.15) is 0 Å². The highest BCUT2D eigenvalue weighted by Crippen LogP contribution is 2.43. The Morgan fingerprint density at radius 1 is 1.12 bits per heavy atom. The summed E-state index contributed by atoms with van der Waals surface area (Å²) in [6, 6.07) is 14.1. The van der Waals surface area contributed by atoms with Gasteiger partial charge in [-0.3, -0.25) is 9.10 Å². The summed E-state index contributed by atoms with van der Waals surface area (Å²) in [7, 11) is -0.926. The number of nitrogens with zero attached hydrogens (tertiary/aromatic N) is 2. The first-order chi connectivity index (χ1) is 12.3. The van der Waals surface area contributed by atoms with Gasteiger partial charge in [0.05, 0.1) is 5.69 Å². The van der Waals surface area contributed by atoms with E-state index in [0.717, 1.165) is 0 Å². The molecule has 0 fully saturated rings. The smallest absolute Gasteiger partial charge is 0.270 e. The highest BCUT2D eigenvalue weighted by Gasteiger charge is 2.41. The van der Waals surface area contributed by atoms with Gasteiger partial charge in [0.2, 0.25) is 0 Å². The first kappa shape index (κ1) is 18.5. The summed E-state index contributed by atoms with van der Waals surface area (Å²) in [5, 5.41) is 0.476. The highest BCUT2D eigenvalue weighted by molar-refractivity contribution is 7.97. The lowest BCUT2D eigenvalue weighted by molar-refractivity contribution is -0.123. The topological polar surface area (TPSA) is 57.7 Å². The highest BCUT2D eigenvalue weighted by atomic mass is 35.5. The first-order valence-corrected chi connectivity index (χ1v) is 9.94. The van der Waals surface area contributed by atoms with E-state index in [0.29, 0.717) is 27.4 Å². The summed E-state index contributed by atoms with van der Waals surface area (Å²) in [6.45, 7) is 1.95. The Kier molecular flexibility index (Phi) is 4.82. The molecule has 3 rings (SSSR count). The third kappa shape index (κ3) is 2.89. The van der Waals surface area contributed by atoms with Crippen LogP contribution in [0.5, 0.6) is 0 Å². The first-order valence-electron chi connectivity index (χ1n) is 8.13. The Bertz CT molecular complexity index is 999. The number of rotatable bonds is 3. The number of hydrogen-bond donors (Lipinski definition) is 0. The number of carbonyl (C=O) groups excluding carboxylic acids is 1. The van der Waals surface area contributed by atoms with Gasteiger partial charge in [0, 0.05) is 36.8 Å². The minimum atomic E-state index is -4.00. The van der Waals surface area contributed by atoms with Crippen LogP contribution >= 0.6 is 11.6 Å². The zero-order chi connectivity index (χ0) is 19.1. The van der Waals surface area contributed by atoms with Gasteiger partial charge in [0.25, 0.3) is 15.9 Å². The molecule has 1 aliphatic heterocycles. The average molecular weight is 391 g/mol. The lowest BCUT2D eigenvalue weighted by Crippen LogP contribution is -2.41. The van der Waals surface area contributed by atoms with Crippen LogP contribution in [0.15, 0.2) is 53.4 Å². The van der Waals surface area contributed by atoms with Crippen molar-refractivity contribution in [1.82, 2.24) is 4.90 Å². The van der Waals surface area contributed by atoms with Crippen LogP contribution in [-0.2, 0) is 14.8 Å². The quantitative estimate of drug-likeness (QED) is 0.807. The van der Waals surface area contributed by atoms with Gasteiger partial charge < -0.3 is 4.90 Å². The average Bonchev–Trinajstić information content (AvgIpc) is 2.60. The van der Waals surface area contributed by atoms with Crippen molar-refractivity contribution in [3.8, 4) is 0 Å². The van der Waals surface area contributed by atoms with E-state index in [-0.39, 0.29) is 11.4 Å². The monoisotopic (exact) mass is 390 g/mol. The number of sulfonamides is 1. The third-order valence-electron chi connectivity index (χ3n) is 4.22. The molecule has 2 aromatic rings. The molecule has 0 aromatic heterocycles. The normalized spacial score (nSPS) is 15.6. The van der Waals surface area contributed by atoms with Gasteiger partial charge in [-0.15, -0.1) is 0 Å². The molecule has 0 bridgehead atoms. The molecule has 1 heterocycles. The molecule has 0 radical (unpaired) electrons. The molecule has 2 aromatic carbocycles. The van der Waals surface area contributed by atoms with Gasteiger partial charge in [-0.25, -0.2) is 8.42 Å². The van der Waals surface area contributed by atoms with Crippen LogP contribution in [0.4, 0.5) is 5.69 Å². The second kappa shape index (κ2) is 6.78. The number of likely N-dealkylation sites (N-methyl/N-ethyl adjacent to an activating group) is 1. The van der Waals surface area contributed by atoms with Crippen molar-refractivity contribution in [2.75, 3.05) is 24.9 Å². The van der Waals surface area contributed by atoms with E-state index in [1.54, 1.807) is 37.3 Å². The Balaban J connectivity index is 2.49. The summed E-state index contributed by atoms with van der Waals surface area (Å²) >= 11 is 6.20. The van der Waals surface area contributed by atoms with E-state index in [2.05, 4.69) is 0 Å². The summed E-state index contributed by atoms with van der Waals surface area (Å²) < 4.78 is 27.9. The predicted molar refractivity (Wildman–Crippen MR) is 105 cm³/mol. The van der Waals surface area contributed by atoms with Crippen molar-refractivity contribution in [3.05, 3.63) is 69.6 Å². The minimum Gasteiger partial charge on any atom is -0.344 e. The van der Waals surface area contributed by atoms with E-state index in [1.165, 1.54) is 23.3 Å². The maximum absolute atomic E-state index is 13.3. The van der Waals surface area contributed by atoms with Crippen molar-refractivity contribution >= 4 is 38.8 Å². The van der Waals surface area contributed by atoms with Crippen molar-refractivity contribution in [2.45, 2.75) is 6.92 Å². The van der Waals surface area contributed by atoms with Crippen LogP contribution < -0.4 is 4.31 Å². The Labute approximate surface area is 158 Å². The zero-order valence-corrected chi connectivity index (χ0v) is 16.3. The van der Waals surface area contributed by atoms with Crippen LogP contribution in [0.2, 0.25) is 5.02 Å². The van der Waals surface area contributed by atoms with Gasteiger partial charge in [-0.1, -0.05) is 41.9 Å². The summed E-state index contributed by atoms with van der Waals surface area (Å²) in [6.07, 6.45) is 0. The molecule has 0 N–H and O–H groups in total. The molecular formula is C19H19ClN2O3S. The number of carbonyl (C=O) groups is 1. The van der Waals surface area contributed by atoms with Crippen LogP contribution in [-0.4, -0.2) is 39.9 Å². The number of halogens is 1. The van der Waals surface area contributed by atoms with Crippen LogP contribution in [0, 0.1) is 0 Å². The van der Waals surface area contributed by atoms with E-state index in [1.807, 2.05) is 18.2 Å². The summed E-state index contributed by atoms with van der Waals surface area (Å²) in [4.78, 5) is 13.9. The van der Waals surface area contributed by atoms with Crippen molar-refractivity contribution in [3.63, 3.8) is 0 Å². The van der Waals surface area contributed by atoms with Crippen molar-refractivity contribution in [2.24, 2.45) is 0 Å². The number of amides is 1. The van der Waals surface area contributed by atoms with Gasteiger partial charge >= 0.3 is 0 Å². The molecule has 26 heavy (non-hydrogen) atoms. The zero-order valence-electron chi connectivity index (χ0n) is 14.7. The molecule has 0 saturated carbocycles. The fourth-order valence-corrected chi connectivity index (χ4v) is 5.11.